The minimum Gasteiger partial charge on any atom is -0.271 e. The molecule has 2 aromatic rings. The van der Waals surface area contributed by atoms with Crippen molar-refractivity contribution in [2.45, 2.75) is 12.5 Å². The number of hydrazine groups is 1. The molecule has 3 N–H and O–H groups in total. The molecule has 0 bridgehead atoms. The molecular formula is C14H12Cl4N2. The predicted molar refractivity (Wildman–Crippen MR) is 86.7 cm³/mol. The number of rotatable bonds is 4. The fourth-order valence-electron chi connectivity index (χ4n) is 1.93. The zero-order valence-corrected chi connectivity index (χ0v) is 13.4. The van der Waals surface area contributed by atoms with Gasteiger partial charge in [-0.25, -0.2) is 0 Å². The molecule has 0 fully saturated rings. The fraction of sp³-hybridized carbons (Fsp3) is 0.143. The molecule has 0 saturated heterocycles. The molecule has 106 valence electrons. The van der Waals surface area contributed by atoms with Gasteiger partial charge in [-0.1, -0.05) is 58.5 Å². The lowest BCUT2D eigenvalue weighted by atomic mass is 9.99. The van der Waals surface area contributed by atoms with E-state index in [1.165, 1.54) is 0 Å². The van der Waals surface area contributed by atoms with Gasteiger partial charge in [0.25, 0.3) is 0 Å². The summed E-state index contributed by atoms with van der Waals surface area (Å²) in [6, 6.07) is 10.6. The van der Waals surface area contributed by atoms with E-state index in [-0.39, 0.29) is 6.04 Å². The van der Waals surface area contributed by atoms with Crippen LogP contribution in [0.5, 0.6) is 0 Å². The van der Waals surface area contributed by atoms with Gasteiger partial charge < -0.3 is 0 Å². The van der Waals surface area contributed by atoms with Crippen molar-refractivity contribution in [3.8, 4) is 0 Å². The van der Waals surface area contributed by atoms with Gasteiger partial charge >= 0.3 is 0 Å². The molecule has 0 spiro atoms. The number of hydrogen-bond donors (Lipinski definition) is 2. The summed E-state index contributed by atoms with van der Waals surface area (Å²) in [6.45, 7) is 0. The molecule has 2 aromatic carbocycles. The van der Waals surface area contributed by atoms with Gasteiger partial charge in [0, 0.05) is 10.0 Å². The minimum absolute atomic E-state index is 0.165. The highest BCUT2D eigenvalue weighted by atomic mass is 35.5. The van der Waals surface area contributed by atoms with E-state index in [1.807, 2.05) is 6.07 Å². The molecule has 6 heteroatoms. The van der Waals surface area contributed by atoms with Gasteiger partial charge in [0.15, 0.2) is 0 Å². The van der Waals surface area contributed by atoms with E-state index >= 15 is 0 Å². The Labute approximate surface area is 137 Å². The average molecular weight is 350 g/mol. The SMILES string of the molecule is NNC(Cc1c(Cl)cccc1Cl)c1ccc(Cl)c(Cl)c1. The van der Waals surface area contributed by atoms with Crippen molar-refractivity contribution >= 4 is 46.4 Å². The zero-order valence-electron chi connectivity index (χ0n) is 10.3. The Bertz CT molecular complexity index is 596. The lowest BCUT2D eigenvalue weighted by molar-refractivity contribution is 0.552. The maximum absolute atomic E-state index is 6.17. The van der Waals surface area contributed by atoms with Crippen LogP contribution in [0, 0.1) is 0 Å². The van der Waals surface area contributed by atoms with E-state index in [9.17, 15) is 0 Å². The van der Waals surface area contributed by atoms with Crippen molar-refractivity contribution in [2.24, 2.45) is 5.84 Å². The van der Waals surface area contributed by atoms with Crippen LogP contribution in [0.1, 0.15) is 17.2 Å². The van der Waals surface area contributed by atoms with E-state index in [0.717, 1.165) is 11.1 Å². The first-order valence-corrected chi connectivity index (χ1v) is 7.38. The second-order valence-electron chi connectivity index (χ2n) is 4.30. The maximum Gasteiger partial charge on any atom is 0.0595 e. The van der Waals surface area contributed by atoms with E-state index < -0.39 is 0 Å². The summed E-state index contributed by atoms with van der Waals surface area (Å²) in [5, 5.41) is 2.20. The standard InChI is InChI=1S/C14H12Cl4N2/c15-10-2-1-3-11(16)9(10)7-14(20-19)8-4-5-12(17)13(18)6-8/h1-6,14,20H,7,19H2. The van der Waals surface area contributed by atoms with Gasteiger partial charge in [-0.05, 0) is 41.8 Å². The third kappa shape index (κ3) is 3.59. The molecule has 1 atom stereocenters. The Morgan fingerprint density at radius 1 is 0.900 bits per heavy atom. The van der Waals surface area contributed by atoms with Crippen LogP contribution >= 0.6 is 46.4 Å². The zero-order chi connectivity index (χ0) is 14.7. The molecule has 0 heterocycles. The molecule has 2 nitrogen and oxygen atoms in total. The quantitative estimate of drug-likeness (QED) is 0.598. The predicted octanol–water partition coefficient (Wildman–Crippen LogP) is 5.05. The molecule has 0 radical (unpaired) electrons. The lowest BCUT2D eigenvalue weighted by Gasteiger charge is -2.18. The Morgan fingerprint density at radius 3 is 2.10 bits per heavy atom. The van der Waals surface area contributed by atoms with Crippen LogP contribution in [0.3, 0.4) is 0 Å². The molecule has 0 aliphatic heterocycles. The number of nitrogens with one attached hydrogen (secondary N) is 1. The third-order valence-electron chi connectivity index (χ3n) is 3.02. The second kappa shape index (κ2) is 6.99. The summed E-state index contributed by atoms with van der Waals surface area (Å²) in [4.78, 5) is 0. The van der Waals surface area contributed by atoms with Crippen molar-refractivity contribution in [1.82, 2.24) is 5.43 Å². The highest BCUT2D eigenvalue weighted by Gasteiger charge is 2.16. The summed E-state index contributed by atoms with van der Waals surface area (Å²) in [5.74, 6) is 5.63. The topological polar surface area (TPSA) is 38.0 Å². The average Bonchev–Trinajstić information content (AvgIpc) is 2.42. The first kappa shape index (κ1) is 15.9. The molecule has 0 saturated carbocycles. The largest absolute Gasteiger partial charge is 0.271 e. The van der Waals surface area contributed by atoms with Crippen LogP contribution in [0.2, 0.25) is 20.1 Å². The summed E-state index contributed by atoms with van der Waals surface area (Å²) in [7, 11) is 0. The number of benzene rings is 2. The molecule has 20 heavy (non-hydrogen) atoms. The number of halogens is 4. The van der Waals surface area contributed by atoms with E-state index in [2.05, 4.69) is 5.43 Å². The van der Waals surface area contributed by atoms with Crippen molar-refractivity contribution < 1.29 is 0 Å². The highest BCUT2D eigenvalue weighted by molar-refractivity contribution is 6.42. The van der Waals surface area contributed by atoms with E-state index in [1.54, 1.807) is 30.3 Å². The molecule has 0 aliphatic rings. The molecule has 0 amide bonds. The van der Waals surface area contributed by atoms with Crippen LogP contribution < -0.4 is 11.3 Å². The van der Waals surface area contributed by atoms with Crippen molar-refractivity contribution in [3.63, 3.8) is 0 Å². The van der Waals surface area contributed by atoms with Crippen LogP contribution in [0.25, 0.3) is 0 Å². The Morgan fingerprint density at radius 2 is 1.55 bits per heavy atom. The number of nitrogens with two attached hydrogens (primary N) is 1. The van der Waals surface area contributed by atoms with Crippen LogP contribution in [0.4, 0.5) is 0 Å². The lowest BCUT2D eigenvalue weighted by Crippen LogP contribution is -2.29. The van der Waals surface area contributed by atoms with Crippen LogP contribution in [-0.4, -0.2) is 0 Å². The highest BCUT2D eigenvalue weighted by Crippen LogP contribution is 2.31. The normalized spacial score (nSPS) is 12.4. The Kier molecular flexibility index (Phi) is 5.56. The van der Waals surface area contributed by atoms with Crippen LogP contribution in [-0.2, 0) is 6.42 Å². The third-order valence-corrected chi connectivity index (χ3v) is 4.46. The molecule has 1 unspecified atom stereocenters. The smallest absolute Gasteiger partial charge is 0.0595 e. The molecule has 2 rings (SSSR count). The van der Waals surface area contributed by atoms with Crippen molar-refractivity contribution in [2.75, 3.05) is 0 Å². The van der Waals surface area contributed by atoms with Gasteiger partial charge in [0.1, 0.15) is 0 Å². The molecule has 0 aromatic heterocycles. The Hall–Kier alpha value is -0.480. The summed E-state index contributed by atoms with van der Waals surface area (Å²) < 4.78 is 0. The second-order valence-corrected chi connectivity index (χ2v) is 5.93. The fourth-order valence-corrected chi connectivity index (χ4v) is 2.79. The summed E-state index contributed by atoms with van der Waals surface area (Å²) >= 11 is 24.3. The molecule has 0 aliphatic carbocycles. The minimum atomic E-state index is -0.165. The number of hydrogen-bond acceptors (Lipinski definition) is 2. The first-order valence-electron chi connectivity index (χ1n) is 5.87. The Balaban J connectivity index is 2.31. The van der Waals surface area contributed by atoms with E-state index in [4.69, 9.17) is 52.2 Å². The van der Waals surface area contributed by atoms with Crippen molar-refractivity contribution in [3.05, 3.63) is 67.6 Å². The van der Waals surface area contributed by atoms with Crippen molar-refractivity contribution in [1.29, 1.82) is 0 Å². The first-order chi connectivity index (χ1) is 9.52. The summed E-state index contributed by atoms with van der Waals surface area (Å²) in [6.07, 6.45) is 0.549. The van der Waals surface area contributed by atoms with Gasteiger partial charge in [-0.2, -0.15) is 0 Å². The maximum atomic E-state index is 6.17. The van der Waals surface area contributed by atoms with Gasteiger partial charge in [0.05, 0.1) is 16.1 Å². The summed E-state index contributed by atoms with van der Waals surface area (Å²) in [5.41, 5.74) is 4.50. The van der Waals surface area contributed by atoms with Gasteiger partial charge in [-0.15, -0.1) is 0 Å². The van der Waals surface area contributed by atoms with Gasteiger partial charge in [0.2, 0.25) is 0 Å². The monoisotopic (exact) mass is 348 g/mol. The van der Waals surface area contributed by atoms with Crippen LogP contribution in [0.15, 0.2) is 36.4 Å². The van der Waals surface area contributed by atoms with Gasteiger partial charge in [-0.3, -0.25) is 11.3 Å². The molecular weight excluding hydrogens is 338 g/mol. The van der Waals surface area contributed by atoms with E-state index in [0.29, 0.717) is 26.5 Å².